The fraction of sp³-hybridized carbons (Fsp3) is 0.444. The lowest BCUT2D eigenvalue weighted by molar-refractivity contribution is -0.141. The summed E-state index contributed by atoms with van der Waals surface area (Å²) in [4.78, 5) is 25.3. The average molecular weight is 358 g/mol. The van der Waals surface area contributed by atoms with Crippen molar-refractivity contribution in [3.63, 3.8) is 0 Å². The minimum absolute atomic E-state index is 0.0910. The molecule has 1 aromatic carbocycles. The lowest BCUT2D eigenvalue weighted by Crippen LogP contribution is -2.30. The Balaban J connectivity index is 1.77. The van der Waals surface area contributed by atoms with Gasteiger partial charge in [0.25, 0.3) is 5.91 Å². The van der Waals surface area contributed by atoms with Crippen LogP contribution in [0.5, 0.6) is 5.75 Å². The first kappa shape index (κ1) is 17.9. The van der Waals surface area contributed by atoms with Crippen molar-refractivity contribution in [2.75, 3.05) is 13.1 Å². The van der Waals surface area contributed by atoms with E-state index >= 15 is 0 Å². The van der Waals surface area contributed by atoms with Gasteiger partial charge in [-0.15, -0.1) is 5.10 Å². The predicted octanol–water partition coefficient (Wildman–Crippen LogP) is 1.91. The molecule has 26 heavy (non-hydrogen) atoms. The molecule has 1 aliphatic heterocycles. The van der Waals surface area contributed by atoms with Crippen LogP contribution >= 0.6 is 0 Å². The van der Waals surface area contributed by atoms with E-state index in [4.69, 9.17) is 9.84 Å². The predicted molar refractivity (Wildman–Crippen MR) is 93.5 cm³/mol. The largest absolute Gasteiger partial charge is 0.491 e. The van der Waals surface area contributed by atoms with E-state index in [9.17, 15) is 9.59 Å². The van der Waals surface area contributed by atoms with E-state index in [-0.39, 0.29) is 24.2 Å². The molecule has 3 rings (SSSR count). The molecule has 0 aliphatic carbocycles. The lowest BCUT2D eigenvalue weighted by Gasteiger charge is -2.14. The molecule has 1 atom stereocenters. The smallest absolute Gasteiger partial charge is 0.308 e. The molecule has 0 spiro atoms. The van der Waals surface area contributed by atoms with Gasteiger partial charge in [-0.3, -0.25) is 9.59 Å². The van der Waals surface area contributed by atoms with Crippen molar-refractivity contribution in [2.24, 2.45) is 5.92 Å². The van der Waals surface area contributed by atoms with Crippen molar-refractivity contribution >= 4 is 11.9 Å². The minimum Gasteiger partial charge on any atom is -0.491 e. The van der Waals surface area contributed by atoms with Gasteiger partial charge in [0.1, 0.15) is 5.75 Å². The van der Waals surface area contributed by atoms with Crippen LogP contribution in [-0.4, -0.2) is 56.1 Å². The highest BCUT2D eigenvalue weighted by molar-refractivity contribution is 5.94. The van der Waals surface area contributed by atoms with Gasteiger partial charge in [0.15, 0.2) is 5.69 Å². The Labute approximate surface area is 151 Å². The Bertz CT molecular complexity index is 813. The first-order valence-corrected chi connectivity index (χ1v) is 8.58. The van der Waals surface area contributed by atoms with E-state index < -0.39 is 11.9 Å². The topological polar surface area (TPSA) is 97.5 Å². The molecule has 1 saturated heterocycles. The number of carbonyl (C=O) groups excluding carboxylic acids is 1. The summed E-state index contributed by atoms with van der Waals surface area (Å²) in [5.74, 6) is -0.904. The van der Waals surface area contributed by atoms with E-state index in [1.165, 1.54) is 4.90 Å². The number of amides is 1. The van der Waals surface area contributed by atoms with Crippen molar-refractivity contribution < 1.29 is 19.4 Å². The van der Waals surface area contributed by atoms with Crippen molar-refractivity contribution in [1.29, 1.82) is 0 Å². The van der Waals surface area contributed by atoms with E-state index in [0.29, 0.717) is 18.7 Å². The summed E-state index contributed by atoms with van der Waals surface area (Å²) in [5.41, 5.74) is 1.64. The highest BCUT2D eigenvalue weighted by Gasteiger charge is 2.33. The highest BCUT2D eigenvalue weighted by Crippen LogP contribution is 2.21. The number of carbonyl (C=O) groups is 2. The zero-order chi connectivity index (χ0) is 18.8. The maximum absolute atomic E-state index is 12.7. The minimum atomic E-state index is -0.871. The van der Waals surface area contributed by atoms with Gasteiger partial charge in [-0.05, 0) is 51.5 Å². The second-order valence-corrected chi connectivity index (χ2v) is 6.67. The molecule has 138 valence electrons. The van der Waals surface area contributed by atoms with Gasteiger partial charge in [-0.1, -0.05) is 5.21 Å². The third-order valence-corrected chi connectivity index (χ3v) is 4.37. The van der Waals surface area contributed by atoms with Gasteiger partial charge in [-0.2, -0.15) is 0 Å². The zero-order valence-electron chi connectivity index (χ0n) is 15.0. The standard InChI is InChI=1S/C18H22N4O4/c1-11(2)26-15-6-4-14(5-7-15)22-12(3)16(19-20-22)17(23)21-9-8-13(10-21)18(24)25/h4-7,11,13H,8-10H2,1-3H3,(H,24,25). The summed E-state index contributed by atoms with van der Waals surface area (Å²) in [6.07, 6.45) is 0.555. The van der Waals surface area contributed by atoms with Crippen molar-refractivity contribution in [2.45, 2.75) is 33.3 Å². The Morgan fingerprint density at radius 3 is 2.54 bits per heavy atom. The number of hydrogen-bond acceptors (Lipinski definition) is 5. The van der Waals surface area contributed by atoms with Crippen molar-refractivity contribution in [3.05, 3.63) is 35.7 Å². The maximum Gasteiger partial charge on any atom is 0.308 e. The van der Waals surface area contributed by atoms with Crippen LogP contribution in [0.2, 0.25) is 0 Å². The third kappa shape index (κ3) is 3.54. The van der Waals surface area contributed by atoms with E-state index in [2.05, 4.69) is 10.3 Å². The SMILES string of the molecule is Cc1c(C(=O)N2CCC(C(=O)O)C2)nnn1-c1ccc(OC(C)C)cc1. The molecule has 1 amide bonds. The normalized spacial score (nSPS) is 16.9. The molecule has 1 aromatic heterocycles. The molecule has 1 aliphatic rings. The first-order chi connectivity index (χ1) is 12.4. The Kier molecular flexibility index (Phi) is 4.92. The Hall–Kier alpha value is -2.90. The van der Waals surface area contributed by atoms with Gasteiger partial charge in [-0.25, -0.2) is 4.68 Å². The van der Waals surface area contributed by atoms with Gasteiger partial charge in [0.2, 0.25) is 0 Å². The molecule has 8 nitrogen and oxygen atoms in total. The maximum atomic E-state index is 12.7. The summed E-state index contributed by atoms with van der Waals surface area (Å²) in [6.45, 7) is 6.32. The van der Waals surface area contributed by atoms with Crippen molar-refractivity contribution in [3.8, 4) is 11.4 Å². The number of nitrogens with zero attached hydrogens (tertiary/aromatic N) is 4. The molecule has 1 N–H and O–H groups in total. The van der Waals surface area contributed by atoms with Gasteiger partial charge in [0, 0.05) is 13.1 Å². The second-order valence-electron chi connectivity index (χ2n) is 6.67. The first-order valence-electron chi connectivity index (χ1n) is 8.58. The number of benzene rings is 1. The number of carboxylic acids is 1. The number of aliphatic carboxylic acids is 1. The van der Waals surface area contributed by atoms with E-state index in [1.807, 2.05) is 38.1 Å². The highest BCUT2D eigenvalue weighted by atomic mass is 16.5. The Morgan fingerprint density at radius 2 is 1.96 bits per heavy atom. The summed E-state index contributed by atoms with van der Waals surface area (Å²) in [7, 11) is 0. The molecule has 0 bridgehead atoms. The molecule has 8 heteroatoms. The molecule has 2 heterocycles. The van der Waals surface area contributed by atoms with Crippen LogP contribution < -0.4 is 4.74 Å². The second kappa shape index (κ2) is 7.15. The van der Waals surface area contributed by atoms with Gasteiger partial charge >= 0.3 is 5.97 Å². The number of ether oxygens (including phenoxy) is 1. The van der Waals surface area contributed by atoms with Crippen LogP contribution in [0, 0.1) is 12.8 Å². The molecular weight excluding hydrogens is 336 g/mol. The quantitative estimate of drug-likeness (QED) is 0.877. The van der Waals surface area contributed by atoms with E-state index in [0.717, 1.165) is 11.4 Å². The zero-order valence-corrected chi connectivity index (χ0v) is 15.0. The number of likely N-dealkylation sites (tertiary alicyclic amines) is 1. The molecule has 0 radical (unpaired) electrons. The third-order valence-electron chi connectivity index (χ3n) is 4.37. The van der Waals surface area contributed by atoms with Crippen LogP contribution in [0.15, 0.2) is 24.3 Å². The molecule has 0 saturated carbocycles. The fourth-order valence-electron chi connectivity index (χ4n) is 3.01. The summed E-state index contributed by atoms with van der Waals surface area (Å²) in [5, 5.41) is 17.2. The van der Waals surface area contributed by atoms with Crippen LogP contribution in [0.1, 0.15) is 36.5 Å². The van der Waals surface area contributed by atoms with Gasteiger partial charge in [0.05, 0.1) is 23.4 Å². The molecular formula is C18H22N4O4. The summed E-state index contributed by atoms with van der Waals surface area (Å²) < 4.78 is 7.22. The molecule has 2 aromatic rings. The van der Waals surface area contributed by atoms with Crippen LogP contribution in [0.3, 0.4) is 0 Å². The van der Waals surface area contributed by atoms with Crippen LogP contribution in [0.25, 0.3) is 5.69 Å². The molecule has 1 fully saturated rings. The van der Waals surface area contributed by atoms with Crippen LogP contribution in [-0.2, 0) is 4.79 Å². The Morgan fingerprint density at radius 1 is 1.27 bits per heavy atom. The number of aromatic nitrogens is 3. The fourth-order valence-corrected chi connectivity index (χ4v) is 3.01. The number of hydrogen-bond donors (Lipinski definition) is 1. The average Bonchev–Trinajstić information content (AvgIpc) is 3.22. The van der Waals surface area contributed by atoms with Crippen molar-refractivity contribution in [1.82, 2.24) is 19.9 Å². The molecule has 1 unspecified atom stereocenters. The monoisotopic (exact) mass is 358 g/mol. The van der Waals surface area contributed by atoms with Gasteiger partial charge < -0.3 is 14.7 Å². The summed E-state index contributed by atoms with van der Waals surface area (Å²) >= 11 is 0. The van der Waals surface area contributed by atoms with Crippen LogP contribution in [0.4, 0.5) is 0 Å². The number of rotatable bonds is 5. The van der Waals surface area contributed by atoms with E-state index in [1.54, 1.807) is 11.6 Å². The number of carboxylic acid groups (broad SMARTS) is 1. The lowest BCUT2D eigenvalue weighted by atomic mass is 10.1. The summed E-state index contributed by atoms with van der Waals surface area (Å²) in [6, 6.07) is 7.39.